The number of rotatable bonds is 2. The molecule has 0 amide bonds. The number of nitrogens with zero attached hydrogens (tertiary/aromatic N) is 2. The summed E-state index contributed by atoms with van der Waals surface area (Å²) in [6.45, 7) is 0. The van der Waals surface area contributed by atoms with Crippen LogP contribution in [0.25, 0.3) is 10.9 Å². The molecule has 90 valence electrons. The van der Waals surface area contributed by atoms with Gasteiger partial charge in [0.2, 0.25) is 0 Å². The van der Waals surface area contributed by atoms with Crippen LogP contribution >= 0.6 is 11.6 Å². The molecule has 0 atom stereocenters. The first-order valence-corrected chi connectivity index (χ1v) is 6.20. The lowest BCUT2D eigenvalue weighted by molar-refractivity contribution is 0.808. The highest BCUT2D eigenvalue weighted by Gasteiger charge is 2.08. The molecule has 0 unspecified atom stereocenters. The van der Waals surface area contributed by atoms with Gasteiger partial charge in [0.15, 0.2) is 0 Å². The van der Waals surface area contributed by atoms with Gasteiger partial charge < -0.3 is 0 Å². The van der Waals surface area contributed by atoms with Crippen LogP contribution in [0.5, 0.6) is 0 Å². The third kappa shape index (κ3) is 1.75. The maximum atomic E-state index is 6.19. The van der Waals surface area contributed by atoms with E-state index in [0.29, 0.717) is 0 Å². The molecule has 3 aromatic rings. The first-order chi connectivity index (χ1) is 8.77. The molecular formula is C15H13ClN2. The molecule has 0 aliphatic heterocycles. The van der Waals surface area contributed by atoms with Crippen molar-refractivity contribution in [3.63, 3.8) is 0 Å². The quantitative estimate of drug-likeness (QED) is 0.667. The van der Waals surface area contributed by atoms with Gasteiger partial charge in [-0.1, -0.05) is 35.9 Å². The van der Waals surface area contributed by atoms with E-state index >= 15 is 0 Å². The molecule has 0 radical (unpaired) electrons. The lowest BCUT2D eigenvalue weighted by atomic mass is 10.2. The SMILES string of the molecule is CN(c1ccccc1)n1ccc2c(Cl)cccc21. The summed E-state index contributed by atoms with van der Waals surface area (Å²) in [4.78, 5) is 0. The Bertz CT molecular complexity index is 673. The van der Waals surface area contributed by atoms with Gasteiger partial charge in [-0.05, 0) is 30.3 Å². The molecule has 1 aromatic heterocycles. The third-order valence-electron chi connectivity index (χ3n) is 3.11. The summed E-state index contributed by atoms with van der Waals surface area (Å²) in [5, 5.41) is 3.95. The fraction of sp³-hybridized carbons (Fsp3) is 0.0667. The fourth-order valence-corrected chi connectivity index (χ4v) is 2.38. The minimum atomic E-state index is 0.785. The zero-order chi connectivity index (χ0) is 12.5. The van der Waals surface area contributed by atoms with Crippen molar-refractivity contribution in [3.8, 4) is 0 Å². The molecule has 3 heteroatoms. The third-order valence-corrected chi connectivity index (χ3v) is 3.44. The van der Waals surface area contributed by atoms with Crippen LogP contribution in [0.3, 0.4) is 0 Å². The minimum absolute atomic E-state index is 0.785. The molecule has 0 fully saturated rings. The zero-order valence-corrected chi connectivity index (χ0v) is 10.8. The molecule has 2 aromatic carbocycles. The van der Waals surface area contributed by atoms with Gasteiger partial charge >= 0.3 is 0 Å². The zero-order valence-electron chi connectivity index (χ0n) is 10.0. The van der Waals surface area contributed by atoms with E-state index in [0.717, 1.165) is 21.6 Å². The Hall–Kier alpha value is -1.93. The van der Waals surface area contributed by atoms with E-state index in [9.17, 15) is 0 Å². The Balaban J connectivity index is 2.13. The molecule has 0 saturated carbocycles. The molecule has 0 saturated heterocycles. The highest BCUT2D eigenvalue weighted by Crippen LogP contribution is 2.25. The summed E-state index contributed by atoms with van der Waals surface area (Å²) in [6, 6.07) is 18.2. The molecule has 0 N–H and O–H groups in total. The molecule has 3 rings (SSSR count). The monoisotopic (exact) mass is 256 g/mol. The number of aromatic nitrogens is 1. The van der Waals surface area contributed by atoms with Crippen molar-refractivity contribution in [1.82, 2.24) is 4.68 Å². The summed E-state index contributed by atoms with van der Waals surface area (Å²) in [5.74, 6) is 0. The van der Waals surface area contributed by atoms with Crippen LogP contribution in [-0.2, 0) is 0 Å². The molecule has 0 bridgehead atoms. The van der Waals surface area contributed by atoms with E-state index in [1.54, 1.807) is 0 Å². The van der Waals surface area contributed by atoms with Crippen LogP contribution in [-0.4, -0.2) is 11.7 Å². The van der Waals surface area contributed by atoms with Gasteiger partial charge in [-0.2, -0.15) is 0 Å². The molecule has 0 spiro atoms. The largest absolute Gasteiger partial charge is 0.284 e. The van der Waals surface area contributed by atoms with Gasteiger partial charge in [-0.15, -0.1) is 0 Å². The molecule has 0 aliphatic carbocycles. The maximum absolute atomic E-state index is 6.19. The first-order valence-electron chi connectivity index (χ1n) is 5.82. The van der Waals surface area contributed by atoms with E-state index in [1.165, 1.54) is 0 Å². The standard InChI is InChI=1S/C15H13ClN2/c1-17(12-6-3-2-4-7-12)18-11-10-13-14(16)8-5-9-15(13)18/h2-11H,1H3. The highest BCUT2D eigenvalue weighted by molar-refractivity contribution is 6.35. The van der Waals surface area contributed by atoms with Crippen LogP contribution in [0.1, 0.15) is 0 Å². The number of benzene rings is 2. The Labute approximate surface area is 111 Å². The second-order valence-corrected chi connectivity index (χ2v) is 4.60. The summed E-state index contributed by atoms with van der Waals surface area (Å²) in [5.41, 5.74) is 2.24. The number of para-hydroxylation sites is 1. The lowest BCUT2D eigenvalue weighted by Gasteiger charge is -2.22. The van der Waals surface area contributed by atoms with E-state index in [2.05, 4.69) is 27.9 Å². The molecule has 2 nitrogen and oxygen atoms in total. The van der Waals surface area contributed by atoms with Crippen LogP contribution in [0.4, 0.5) is 5.69 Å². The van der Waals surface area contributed by atoms with Gasteiger partial charge in [-0.3, -0.25) is 9.69 Å². The summed E-state index contributed by atoms with van der Waals surface area (Å²) < 4.78 is 2.09. The Morgan fingerprint density at radius 2 is 1.72 bits per heavy atom. The van der Waals surface area contributed by atoms with Gasteiger partial charge in [0.1, 0.15) is 0 Å². The van der Waals surface area contributed by atoms with E-state index in [4.69, 9.17) is 11.6 Å². The van der Waals surface area contributed by atoms with Crippen LogP contribution in [0, 0.1) is 0 Å². The predicted molar refractivity (Wildman–Crippen MR) is 77.2 cm³/mol. The molecule has 0 aliphatic rings. The number of fused-ring (bicyclic) bond motifs is 1. The Morgan fingerprint density at radius 3 is 2.50 bits per heavy atom. The van der Waals surface area contributed by atoms with Gasteiger partial charge in [0.05, 0.1) is 16.2 Å². The van der Waals surface area contributed by atoms with Crippen LogP contribution < -0.4 is 5.01 Å². The van der Waals surface area contributed by atoms with Crippen molar-refractivity contribution in [2.45, 2.75) is 0 Å². The average Bonchev–Trinajstić information content (AvgIpc) is 2.84. The second-order valence-electron chi connectivity index (χ2n) is 4.19. The van der Waals surface area contributed by atoms with Gasteiger partial charge in [-0.25, -0.2) is 0 Å². The molecular weight excluding hydrogens is 244 g/mol. The number of hydrogen-bond acceptors (Lipinski definition) is 1. The van der Waals surface area contributed by atoms with Gasteiger partial charge in [0, 0.05) is 18.6 Å². The number of anilines is 1. The second kappa shape index (κ2) is 4.39. The van der Waals surface area contributed by atoms with Crippen molar-refractivity contribution < 1.29 is 0 Å². The summed E-state index contributed by atoms with van der Waals surface area (Å²) in [7, 11) is 2.04. The fourth-order valence-electron chi connectivity index (χ4n) is 2.15. The van der Waals surface area contributed by atoms with Crippen molar-refractivity contribution in [3.05, 3.63) is 65.8 Å². The van der Waals surface area contributed by atoms with Crippen LogP contribution in [0.2, 0.25) is 5.02 Å². The normalized spacial score (nSPS) is 10.8. The molecule has 1 heterocycles. The lowest BCUT2D eigenvalue weighted by Crippen LogP contribution is -2.23. The van der Waals surface area contributed by atoms with Crippen LogP contribution in [0.15, 0.2) is 60.8 Å². The van der Waals surface area contributed by atoms with E-state index in [1.807, 2.05) is 49.6 Å². The Morgan fingerprint density at radius 1 is 0.944 bits per heavy atom. The Kier molecular flexibility index (Phi) is 2.73. The summed E-state index contributed by atoms with van der Waals surface area (Å²) >= 11 is 6.19. The predicted octanol–water partition coefficient (Wildman–Crippen LogP) is 4.19. The summed E-state index contributed by atoms with van der Waals surface area (Å²) in [6.07, 6.45) is 2.03. The first kappa shape index (κ1) is 11.2. The van der Waals surface area contributed by atoms with Gasteiger partial charge in [0.25, 0.3) is 0 Å². The van der Waals surface area contributed by atoms with Crippen molar-refractivity contribution in [1.29, 1.82) is 0 Å². The van der Waals surface area contributed by atoms with E-state index in [-0.39, 0.29) is 0 Å². The highest BCUT2D eigenvalue weighted by atomic mass is 35.5. The van der Waals surface area contributed by atoms with Crippen molar-refractivity contribution >= 4 is 28.2 Å². The van der Waals surface area contributed by atoms with Crippen molar-refractivity contribution in [2.75, 3.05) is 12.1 Å². The van der Waals surface area contributed by atoms with Crippen molar-refractivity contribution in [2.24, 2.45) is 0 Å². The molecule has 18 heavy (non-hydrogen) atoms. The minimum Gasteiger partial charge on any atom is -0.284 e. The average molecular weight is 257 g/mol. The topological polar surface area (TPSA) is 8.17 Å². The number of hydrogen-bond donors (Lipinski definition) is 0. The van der Waals surface area contributed by atoms with E-state index < -0.39 is 0 Å². The maximum Gasteiger partial charge on any atom is 0.0713 e. The number of halogens is 1. The smallest absolute Gasteiger partial charge is 0.0713 e.